The number of fused-ring (bicyclic) bond motifs is 6. The largest absolute Gasteiger partial charge is 0.342 e. The number of nitrogens with one attached hydrogen (secondary N) is 1. The lowest BCUT2D eigenvalue weighted by Crippen LogP contribution is -2.60. The maximum Gasteiger partial charge on any atom is 0.173 e. The second-order valence-electron chi connectivity index (χ2n) is 8.64. The zero-order valence-corrected chi connectivity index (χ0v) is 16.6. The Kier molecular flexibility index (Phi) is 4.68. The summed E-state index contributed by atoms with van der Waals surface area (Å²) in [6.07, 6.45) is 10.4. The molecule has 1 N–H and O–H groups in total. The molecule has 0 radical (unpaired) electrons. The molecular weight excluding hydrogens is 357 g/mol. The SMILES string of the molecule is Fc1ccc(NC(=S)N2CCCC3=C[C@H]4C[C@H](CN5CCCC[C@H]45)[C@@H]32)cc1. The first-order chi connectivity index (χ1) is 13.2. The normalized spacial score (nSPS) is 32.9. The fraction of sp³-hybridized carbons (Fsp3) is 0.591. The molecule has 144 valence electrons. The minimum Gasteiger partial charge on any atom is -0.342 e. The number of nitrogens with zero attached hydrogens (tertiary/aromatic N) is 2. The number of likely N-dealkylation sites (tertiary alicyclic amines) is 1. The van der Waals surface area contributed by atoms with Crippen molar-refractivity contribution in [1.29, 1.82) is 0 Å². The first-order valence-corrected chi connectivity index (χ1v) is 10.9. The van der Waals surface area contributed by atoms with E-state index in [1.54, 1.807) is 17.7 Å². The van der Waals surface area contributed by atoms with Crippen molar-refractivity contribution in [1.82, 2.24) is 9.80 Å². The molecule has 3 fully saturated rings. The van der Waals surface area contributed by atoms with Gasteiger partial charge in [0, 0.05) is 24.8 Å². The van der Waals surface area contributed by atoms with Crippen LogP contribution < -0.4 is 5.32 Å². The maximum absolute atomic E-state index is 13.2. The highest BCUT2D eigenvalue weighted by Crippen LogP contribution is 2.45. The van der Waals surface area contributed by atoms with Crippen LogP contribution in [-0.2, 0) is 0 Å². The van der Waals surface area contributed by atoms with Crippen molar-refractivity contribution in [3.63, 3.8) is 0 Å². The van der Waals surface area contributed by atoms with E-state index in [4.69, 9.17) is 12.2 Å². The lowest BCUT2D eigenvalue weighted by atomic mass is 9.68. The number of hydrogen-bond donors (Lipinski definition) is 1. The molecule has 4 atom stereocenters. The predicted molar refractivity (Wildman–Crippen MR) is 111 cm³/mol. The third kappa shape index (κ3) is 3.29. The second-order valence-corrected chi connectivity index (χ2v) is 9.02. The van der Waals surface area contributed by atoms with Crippen molar-refractivity contribution < 1.29 is 4.39 Å². The van der Waals surface area contributed by atoms with Crippen molar-refractivity contribution in [2.75, 3.05) is 25.0 Å². The summed E-state index contributed by atoms with van der Waals surface area (Å²) in [7, 11) is 0. The van der Waals surface area contributed by atoms with E-state index in [0.717, 1.165) is 29.3 Å². The van der Waals surface area contributed by atoms with E-state index in [0.29, 0.717) is 12.0 Å². The Bertz CT molecular complexity index is 746. The molecule has 1 aromatic carbocycles. The highest BCUT2D eigenvalue weighted by Gasteiger charge is 2.46. The highest BCUT2D eigenvalue weighted by molar-refractivity contribution is 7.80. The van der Waals surface area contributed by atoms with Crippen LogP contribution in [0, 0.1) is 17.7 Å². The molecule has 3 saturated heterocycles. The Morgan fingerprint density at radius 1 is 1.11 bits per heavy atom. The number of benzene rings is 1. The van der Waals surface area contributed by atoms with Gasteiger partial charge in [0.15, 0.2) is 5.11 Å². The Morgan fingerprint density at radius 3 is 2.81 bits per heavy atom. The van der Waals surface area contributed by atoms with Gasteiger partial charge in [0.25, 0.3) is 0 Å². The van der Waals surface area contributed by atoms with Gasteiger partial charge in [-0.15, -0.1) is 0 Å². The molecule has 5 heteroatoms. The van der Waals surface area contributed by atoms with Crippen LogP contribution >= 0.6 is 12.2 Å². The van der Waals surface area contributed by atoms with Crippen LogP contribution in [0.4, 0.5) is 10.1 Å². The number of piperidine rings is 3. The highest BCUT2D eigenvalue weighted by atomic mass is 32.1. The van der Waals surface area contributed by atoms with Gasteiger partial charge in [-0.3, -0.25) is 4.90 Å². The van der Waals surface area contributed by atoms with Gasteiger partial charge in [0.05, 0.1) is 6.04 Å². The fourth-order valence-electron chi connectivity index (χ4n) is 5.93. The summed E-state index contributed by atoms with van der Waals surface area (Å²) in [5.74, 6) is 1.21. The Balaban J connectivity index is 1.38. The number of halogens is 1. The molecule has 0 amide bonds. The molecule has 1 aliphatic carbocycles. The number of anilines is 1. The van der Waals surface area contributed by atoms with Gasteiger partial charge < -0.3 is 10.2 Å². The van der Waals surface area contributed by atoms with Crippen molar-refractivity contribution in [2.45, 2.75) is 50.6 Å². The van der Waals surface area contributed by atoms with Gasteiger partial charge in [-0.25, -0.2) is 4.39 Å². The molecule has 5 rings (SSSR count). The molecule has 4 aliphatic rings. The summed E-state index contributed by atoms with van der Waals surface area (Å²) < 4.78 is 13.2. The number of rotatable bonds is 1. The van der Waals surface area contributed by atoms with Gasteiger partial charge in [-0.05, 0) is 87.0 Å². The van der Waals surface area contributed by atoms with Crippen LogP contribution in [0.2, 0.25) is 0 Å². The zero-order valence-electron chi connectivity index (χ0n) is 15.7. The molecule has 3 nitrogen and oxygen atoms in total. The summed E-state index contributed by atoms with van der Waals surface area (Å²) in [6.45, 7) is 3.50. The topological polar surface area (TPSA) is 18.5 Å². The summed E-state index contributed by atoms with van der Waals surface area (Å²) in [5.41, 5.74) is 2.49. The molecule has 0 spiro atoms. The van der Waals surface area contributed by atoms with Gasteiger partial charge >= 0.3 is 0 Å². The molecule has 3 heterocycles. The Labute approximate surface area is 166 Å². The van der Waals surface area contributed by atoms with E-state index in [9.17, 15) is 4.39 Å². The molecule has 1 aromatic rings. The quantitative estimate of drug-likeness (QED) is 0.570. The third-order valence-electron chi connectivity index (χ3n) is 7.01. The Morgan fingerprint density at radius 2 is 1.96 bits per heavy atom. The van der Waals surface area contributed by atoms with E-state index in [-0.39, 0.29) is 5.82 Å². The van der Waals surface area contributed by atoms with Gasteiger partial charge in [-0.2, -0.15) is 0 Å². The molecule has 27 heavy (non-hydrogen) atoms. The van der Waals surface area contributed by atoms with Gasteiger partial charge in [-0.1, -0.05) is 18.1 Å². The van der Waals surface area contributed by atoms with Gasteiger partial charge in [0.1, 0.15) is 5.82 Å². The fourth-order valence-corrected chi connectivity index (χ4v) is 6.25. The van der Waals surface area contributed by atoms with Crippen LogP contribution in [0.3, 0.4) is 0 Å². The van der Waals surface area contributed by atoms with Crippen molar-refractivity contribution in [3.8, 4) is 0 Å². The Hall–Kier alpha value is -1.46. The van der Waals surface area contributed by atoms with Crippen molar-refractivity contribution in [2.24, 2.45) is 11.8 Å². The van der Waals surface area contributed by atoms with Crippen LogP contribution in [0.1, 0.15) is 38.5 Å². The summed E-state index contributed by atoms with van der Waals surface area (Å²) in [6, 6.07) is 7.71. The standard InChI is InChI=1S/C22H28FN3S/c23-18-6-8-19(9-7-18)24-22(27)26-11-3-4-15-12-16-13-17(21(15)26)14-25-10-2-1-5-20(16)25/h6-9,12,16-17,20-21H,1-5,10-11,13-14H2,(H,24,27)/t16-,17+,20+,21+/m0/s1. The third-order valence-corrected chi connectivity index (χ3v) is 7.35. The molecule has 0 saturated carbocycles. The second kappa shape index (κ2) is 7.17. The lowest BCUT2D eigenvalue weighted by molar-refractivity contribution is 0.0132. The van der Waals surface area contributed by atoms with Crippen LogP contribution in [0.25, 0.3) is 0 Å². The van der Waals surface area contributed by atoms with Crippen molar-refractivity contribution >= 4 is 23.0 Å². The van der Waals surface area contributed by atoms with E-state index in [2.05, 4.69) is 21.2 Å². The van der Waals surface area contributed by atoms with E-state index in [1.807, 2.05) is 0 Å². The summed E-state index contributed by atoms with van der Waals surface area (Å²) in [5, 5.41) is 4.14. The number of thiocarbonyl (C=S) groups is 1. The average molecular weight is 386 g/mol. The average Bonchev–Trinajstić information content (AvgIpc) is 2.69. The summed E-state index contributed by atoms with van der Waals surface area (Å²) >= 11 is 5.80. The minimum atomic E-state index is -0.216. The van der Waals surface area contributed by atoms with Crippen LogP contribution in [-0.4, -0.2) is 46.6 Å². The van der Waals surface area contributed by atoms with E-state index >= 15 is 0 Å². The zero-order chi connectivity index (χ0) is 18.4. The van der Waals surface area contributed by atoms with E-state index in [1.165, 1.54) is 63.7 Å². The molecule has 3 aliphatic heterocycles. The smallest absolute Gasteiger partial charge is 0.173 e. The van der Waals surface area contributed by atoms with Crippen molar-refractivity contribution in [3.05, 3.63) is 41.7 Å². The minimum absolute atomic E-state index is 0.216. The summed E-state index contributed by atoms with van der Waals surface area (Å²) in [4.78, 5) is 5.18. The van der Waals surface area contributed by atoms with Crippen LogP contribution in [0.15, 0.2) is 35.9 Å². The first kappa shape index (κ1) is 17.6. The lowest BCUT2D eigenvalue weighted by Gasteiger charge is -2.55. The maximum atomic E-state index is 13.2. The molecule has 2 bridgehead atoms. The predicted octanol–water partition coefficient (Wildman–Crippen LogP) is 4.42. The monoisotopic (exact) mass is 385 g/mol. The number of hydrogen-bond acceptors (Lipinski definition) is 2. The van der Waals surface area contributed by atoms with Gasteiger partial charge in [0.2, 0.25) is 0 Å². The molecule has 0 unspecified atom stereocenters. The van der Waals surface area contributed by atoms with E-state index < -0.39 is 0 Å². The van der Waals surface area contributed by atoms with Crippen LogP contribution in [0.5, 0.6) is 0 Å². The first-order valence-electron chi connectivity index (χ1n) is 10.5. The molecule has 0 aromatic heterocycles. The molecular formula is C22H28FN3S.